The summed E-state index contributed by atoms with van der Waals surface area (Å²) in [6.07, 6.45) is 7.90. The highest BCUT2D eigenvalue weighted by Crippen LogP contribution is 2.37. The molecule has 0 amide bonds. The average molecular weight is 251 g/mol. The van der Waals surface area contributed by atoms with Crippen molar-refractivity contribution in [1.29, 1.82) is 0 Å². The number of rotatable bonds is 4. The molecule has 0 unspecified atom stereocenters. The Bertz CT molecular complexity index is 350. The summed E-state index contributed by atoms with van der Waals surface area (Å²) in [4.78, 5) is 10.4. The fourth-order valence-electron chi connectivity index (χ4n) is 2.82. The Morgan fingerprint density at radius 3 is 2.35 bits per heavy atom. The lowest BCUT2D eigenvalue weighted by molar-refractivity contribution is -0.108. The third kappa shape index (κ3) is 3.57. The molecular weight excluding hydrogens is 232 g/mol. The smallest absolute Gasteiger partial charge is 0.120 e. The maximum Gasteiger partial charge on any atom is 0.120 e. The highest BCUT2D eigenvalue weighted by Gasteiger charge is 2.21. The number of carbonyl (C=O) groups is 1. The van der Waals surface area contributed by atoms with Crippen LogP contribution < -0.4 is 0 Å². The summed E-state index contributed by atoms with van der Waals surface area (Å²) in [5.41, 5.74) is 1.42. The van der Waals surface area contributed by atoms with E-state index in [1.165, 1.54) is 31.2 Å². The van der Waals surface area contributed by atoms with Crippen LogP contribution in [-0.4, -0.2) is 6.29 Å². The van der Waals surface area contributed by atoms with Crippen LogP contribution in [0.5, 0.6) is 0 Å². The quantitative estimate of drug-likeness (QED) is 0.714. The van der Waals surface area contributed by atoms with E-state index in [1.54, 1.807) is 0 Å². The van der Waals surface area contributed by atoms with Crippen LogP contribution in [0.3, 0.4) is 0 Å². The third-order valence-electron chi connectivity index (χ3n) is 3.88. The van der Waals surface area contributed by atoms with Crippen molar-refractivity contribution >= 4 is 17.9 Å². The van der Waals surface area contributed by atoms with Crippen LogP contribution >= 0.6 is 11.6 Å². The van der Waals surface area contributed by atoms with Crippen molar-refractivity contribution in [2.45, 2.75) is 44.4 Å². The van der Waals surface area contributed by atoms with Crippen LogP contribution in [0, 0.1) is 5.92 Å². The Balaban J connectivity index is 1.86. The van der Waals surface area contributed by atoms with E-state index in [1.807, 2.05) is 12.1 Å². The topological polar surface area (TPSA) is 17.1 Å². The standard InChI is InChI=1S/C15H19ClO/c16-15-9-7-14(8-10-15)13-5-3-12(4-6-13)2-1-11-17/h7-13H,1-6H2. The first-order valence-electron chi connectivity index (χ1n) is 6.48. The Labute approximate surface area is 108 Å². The molecule has 0 aromatic heterocycles. The number of benzene rings is 1. The Hall–Kier alpha value is -0.820. The van der Waals surface area contributed by atoms with Gasteiger partial charge in [0.1, 0.15) is 6.29 Å². The Morgan fingerprint density at radius 1 is 1.12 bits per heavy atom. The highest BCUT2D eigenvalue weighted by atomic mass is 35.5. The van der Waals surface area contributed by atoms with Crippen LogP contribution in [0.1, 0.15) is 50.0 Å². The van der Waals surface area contributed by atoms with E-state index >= 15 is 0 Å². The normalized spacial score (nSPS) is 24.5. The van der Waals surface area contributed by atoms with Crippen molar-refractivity contribution < 1.29 is 4.79 Å². The van der Waals surface area contributed by atoms with Gasteiger partial charge in [-0.25, -0.2) is 0 Å². The molecule has 17 heavy (non-hydrogen) atoms. The second kappa shape index (κ2) is 6.20. The molecule has 2 heteroatoms. The summed E-state index contributed by atoms with van der Waals surface area (Å²) in [5.74, 6) is 1.46. The van der Waals surface area contributed by atoms with Gasteiger partial charge in [-0.05, 0) is 61.6 Å². The molecule has 1 fully saturated rings. The molecule has 1 nitrogen and oxygen atoms in total. The van der Waals surface area contributed by atoms with Crippen LogP contribution in [0.15, 0.2) is 24.3 Å². The maximum absolute atomic E-state index is 10.4. The first kappa shape index (κ1) is 12.6. The van der Waals surface area contributed by atoms with Crippen molar-refractivity contribution in [3.8, 4) is 0 Å². The van der Waals surface area contributed by atoms with E-state index in [4.69, 9.17) is 11.6 Å². The molecule has 0 saturated heterocycles. The van der Waals surface area contributed by atoms with Gasteiger partial charge in [0.05, 0.1) is 0 Å². The van der Waals surface area contributed by atoms with Crippen molar-refractivity contribution in [2.24, 2.45) is 5.92 Å². The van der Waals surface area contributed by atoms with Crippen LogP contribution in [-0.2, 0) is 4.79 Å². The van der Waals surface area contributed by atoms with E-state index < -0.39 is 0 Å². The lowest BCUT2D eigenvalue weighted by Crippen LogP contribution is -2.13. The monoisotopic (exact) mass is 250 g/mol. The molecule has 1 aliphatic rings. The second-order valence-electron chi connectivity index (χ2n) is 5.01. The molecule has 0 heterocycles. The summed E-state index contributed by atoms with van der Waals surface area (Å²) in [6.45, 7) is 0. The highest BCUT2D eigenvalue weighted by molar-refractivity contribution is 6.30. The fourth-order valence-corrected chi connectivity index (χ4v) is 2.95. The van der Waals surface area contributed by atoms with E-state index in [-0.39, 0.29) is 0 Å². The largest absolute Gasteiger partial charge is 0.303 e. The molecule has 0 N–H and O–H groups in total. The molecular formula is C15H19ClO. The van der Waals surface area contributed by atoms with E-state index in [0.29, 0.717) is 5.92 Å². The first-order chi connectivity index (χ1) is 8.29. The molecule has 0 atom stereocenters. The molecule has 1 aliphatic carbocycles. The van der Waals surface area contributed by atoms with E-state index in [9.17, 15) is 4.79 Å². The van der Waals surface area contributed by atoms with Gasteiger partial charge in [-0.3, -0.25) is 0 Å². The predicted octanol–water partition coefficient (Wildman–Crippen LogP) is 4.59. The van der Waals surface area contributed by atoms with Crippen molar-refractivity contribution in [3.63, 3.8) is 0 Å². The van der Waals surface area contributed by atoms with E-state index in [0.717, 1.165) is 30.1 Å². The molecule has 1 aromatic rings. The minimum absolute atomic E-state index is 0.694. The zero-order valence-electron chi connectivity index (χ0n) is 10.1. The summed E-state index contributed by atoms with van der Waals surface area (Å²) in [7, 11) is 0. The molecule has 0 bridgehead atoms. The number of aldehydes is 1. The number of hydrogen-bond acceptors (Lipinski definition) is 1. The van der Waals surface area contributed by atoms with Gasteiger partial charge in [-0.1, -0.05) is 23.7 Å². The van der Waals surface area contributed by atoms with E-state index in [2.05, 4.69) is 12.1 Å². The van der Waals surface area contributed by atoms with Gasteiger partial charge in [0.15, 0.2) is 0 Å². The molecule has 2 rings (SSSR count). The maximum atomic E-state index is 10.4. The predicted molar refractivity (Wildman–Crippen MR) is 71.4 cm³/mol. The summed E-state index contributed by atoms with van der Waals surface area (Å²) in [5, 5.41) is 0.813. The van der Waals surface area contributed by atoms with Gasteiger partial charge in [0.2, 0.25) is 0 Å². The van der Waals surface area contributed by atoms with Gasteiger partial charge in [-0.2, -0.15) is 0 Å². The Kier molecular flexibility index (Phi) is 4.61. The second-order valence-corrected chi connectivity index (χ2v) is 5.45. The van der Waals surface area contributed by atoms with Crippen LogP contribution in [0.25, 0.3) is 0 Å². The third-order valence-corrected chi connectivity index (χ3v) is 4.13. The zero-order chi connectivity index (χ0) is 12.1. The van der Waals surface area contributed by atoms with Crippen LogP contribution in [0.4, 0.5) is 0 Å². The van der Waals surface area contributed by atoms with Gasteiger partial charge in [0.25, 0.3) is 0 Å². The van der Waals surface area contributed by atoms with Gasteiger partial charge in [-0.15, -0.1) is 0 Å². The molecule has 1 aromatic carbocycles. The molecule has 0 spiro atoms. The van der Waals surface area contributed by atoms with Crippen molar-refractivity contribution in [2.75, 3.05) is 0 Å². The minimum Gasteiger partial charge on any atom is -0.303 e. The number of hydrogen-bond donors (Lipinski definition) is 0. The van der Waals surface area contributed by atoms with Crippen molar-refractivity contribution in [1.82, 2.24) is 0 Å². The molecule has 0 radical (unpaired) electrons. The SMILES string of the molecule is O=CCCC1CCC(c2ccc(Cl)cc2)CC1. The number of halogens is 1. The van der Waals surface area contributed by atoms with Gasteiger partial charge in [0, 0.05) is 11.4 Å². The number of carbonyl (C=O) groups excluding carboxylic acids is 1. The molecule has 0 aliphatic heterocycles. The summed E-state index contributed by atoms with van der Waals surface area (Å²) >= 11 is 5.90. The first-order valence-corrected chi connectivity index (χ1v) is 6.86. The lowest BCUT2D eigenvalue weighted by Gasteiger charge is -2.28. The molecule has 1 saturated carbocycles. The van der Waals surface area contributed by atoms with Crippen molar-refractivity contribution in [3.05, 3.63) is 34.9 Å². The average Bonchev–Trinajstić information content (AvgIpc) is 2.38. The van der Waals surface area contributed by atoms with Gasteiger partial charge >= 0.3 is 0 Å². The lowest BCUT2D eigenvalue weighted by atomic mass is 9.77. The van der Waals surface area contributed by atoms with Crippen LogP contribution in [0.2, 0.25) is 5.02 Å². The Morgan fingerprint density at radius 2 is 1.76 bits per heavy atom. The minimum atomic E-state index is 0.694. The summed E-state index contributed by atoms with van der Waals surface area (Å²) in [6, 6.07) is 8.27. The fraction of sp³-hybridized carbons (Fsp3) is 0.533. The molecule has 92 valence electrons. The zero-order valence-corrected chi connectivity index (χ0v) is 10.8. The summed E-state index contributed by atoms with van der Waals surface area (Å²) < 4.78 is 0. The van der Waals surface area contributed by atoms with Gasteiger partial charge < -0.3 is 4.79 Å².